The Morgan fingerprint density at radius 2 is 1.83 bits per heavy atom. The van der Waals surface area contributed by atoms with E-state index in [4.69, 9.17) is 11.6 Å². The SMILES string of the molecule is CSc1nc(-c2ccccc2)c(NC(=O)c2ccc(Cl)cc2)s1. The van der Waals surface area contributed by atoms with Crippen LogP contribution in [0.15, 0.2) is 58.9 Å². The van der Waals surface area contributed by atoms with Crippen LogP contribution in [-0.2, 0) is 0 Å². The van der Waals surface area contributed by atoms with Crippen molar-refractivity contribution in [1.29, 1.82) is 0 Å². The highest BCUT2D eigenvalue weighted by atomic mass is 35.5. The van der Waals surface area contributed by atoms with Crippen molar-refractivity contribution in [3.05, 3.63) is 65.2 Å². The maximum absolute atomic E-state index is 12.4. The molecule has 0 aliphatic carbocycles. The van der Waals surface area contributed by atoms with E-state index in [0.717, 1.165) is 20.6 Å². The Morgan fingerprint density at radius 1 is 1.13 bits per heavy atom. The molecule has 1 heterocycles. The Kier molecular flexibility index (Phi) is 5.00. The number of hydrogen-bond donors (Lipinski definition) is 1. The van der Waals surface area contributed by atoms with Gasteiger partial charge in [-0.05, 0) is 30.5 Å². The molecule has 1 amide bonds. The van der Waals surface area contributed by atoms with E-state index in [1.165, 1.54) is 11.3 Å². The zero-order valence-electron chi connectivity index (χ0n) is 12.2. The quantitative estimate of drug-likeness (QED) is 0.630. The summed E-state index contributed by atoms with van der Waals surface area (Å²) >= 11 is 8.90. The number of nitrogens with zero attached hydrogens (tertiary/aromatic N) is 1. The zero-order chi connectivity index (χ0) is 16.2. The van der Waals surface area contributed by atoms with Gasteiger partial charge in [0.05, 0.1) is 0 Å². The van der Waals surface area contributed by atoms with Gasteiger partial charge in [0, 0.05) is 16.1 Å². The van der Waals surface area contributed by atoms with E-state index in [0.29, 0.717) is 10.6 Å². The molecule has 3 rings (SSSR count). The number of aromatic nitrogens is 1. The second-order valence-corrected chi connectivity index (χ2v) is 7.18. The van der Waals surface area contributed by atoms with Gasteiger partial charge in [-0.1, -0.05) is 65.0 Å². The summed E-state index contributed by atoms with van der Waals surface area (Å²) in [5, 5.41) is 4.32. The van der Waals surface area contributed by atoms with Gasteiger partial charge in [-0.3, -0.25) is 4.79 Å². The van der Waals surface area contributed by atoms with Crippen molar-refractivity contribution in [3.8, 4) is 11.3 Å². The van der Waals surface area contributed by atoms with Crippen molar-refractivity contribution >= 4 is 45.6 Å². The summed E-state index contributed by atoms with van der Waals surface area (Å²) in [6.45, 7) is 0. The van der Waals surface area contributed by atoms with E-state index in [-0.39, 0.29) is 5.91 Å². The van der Waals surface area contributed by atoms with E-state index in [1.54, 1.807) is 36.0 Å². The van der Waals surface area contributed by atoms with Gasteiger partial charge >= 0.3 is 0 Å². The highest BCUT2D eigenvalue weighted by molar-refractivity contribution is 8.00. The summed E-state index contributed by atoms with van der Waals surface area (Å²) in [5.41, 5.74) is 2.34. The maximum atomic E-state index is 12.4. The van der Waals surface area contributed by atoms with Gasteiger partial charge in [-0.2, -0.15) is 0 Å². The first-order valence-corrected chi connectivity index (χ1v) is 9.26. The molecule has 0 saturated carbocycles. The molecule has 2 aromatic carbocycles. The minimum atomic E-state index is -0.171. The first kappa shape index (κ1) is 16.1. The predicted molar refractivity (Wildman–Crippen MR) is 98.7 cm³/mol. The van der Waals surface area contributed by atoms with Gasteiger partial charge < -0.3 is 5.32 Å². The molecule has 0 unspecified atom stereocenters. The third kappa shape index (κ3) is 3.75. The van der Waals surface area contributed by atoms with E-state index in [1.807, 2.05) is 36.6 Å². The normalized spacial score (nSPS) is 10.5. The number of carbonyl (C=O) groups is 1. The average Bonchev–Trinajstić information content (AvgIpc) is 2.99. The standard InChI is InChI=1S/C17H13ClN2OS2/c1-22-17-19-14(11-5-3-2-4-6-11)16(23-17)20-15(21)12-7-9-13(18)10-8-12/h2-10H,1H3,(H,20,21). The highest BCUT2D eigenvalue weighted by Crippen LogP contribution is 2.37. The van der Waals surface area contributed by atoms with Crippen molar-refractivity contribution < 1.29 is 4.79 Å². The number of halogens is 1. The van der Waals surface area contributed by atoms with Crippen LogP contribution in [-0.4, -0.2) is 17.1 Å². The Labute approximate surface area is 147 Å². The summed E-state index contributed by atoms with van der Waals surface area (Å²) in [5.74, 6) is -0.171. The van der Waals surface area contributed by atoms with Crippen molar-refractivity contribution in [2.24, 2.45) is 0 Å². The lowest BCUT2D eigenvalue weighted by molar-refractivity contribution is 0.102. The lowest BCUT2D eigenvalue weighted by Gasteiger charge is -2.05. The molecule has 23 heavy (non-hydrogen) atoms. The van der Waals surface area contributed by atoms with E-state index in [2.05, 4.69) is 10.3 Å². The second-order valence-electron chi connectivity index (χ2n) is 4.69. The molecule has 0 atom stereocenters. The van der Waals surface area contributed by atoms with Gasteiger partial charge in [0.1, 0.15) is 10.7 Å². The summed E-state index contributed by atoms with van der Waals surface area (Å²) in [6.07, 6.45) is 1.97. The number of hydrogen-bond acceptors (Lipinski definition) is 4. The summed E-state index contributed by atoms with van der Waals surface area (Å²) in [7, 11) is 0. The lowest BCUT2D eigenvalue weighted by Crippen LogP contribution is -2.11. The van der Waals surface area contributed by atoms with Crippen LogP contribution in [0.4, 0.5) is 5.00 Å². The predicted octanol–water partition coefficient (Wildman–Crippen LogP) is 5.44. The smallest absolute Gasteiger partial charge is 0.256 e. The van der Waals surface area contributed by atoms with Crippen molar-refractivity contribution in [2.45, 2.75) is 4.34 Å². The van der Waals surface area contributed by atoms with Crippen LogP contribution in [0.3, 0.4) is 0 Å². The van der Waals surface area contributed by atoms with Crippen LogP contribution in [0.2, 0.25) is 5.02 Å². The number of amides is 1. The molecule has 0 aliphatic heterocycles. The zero-order valence-corrected chi connectivity index (χ0v) is 14.6. The Balaban J connectivity index is 1.92. The maximum Gasteiger partial charge on any atom is 0.256 e. The minimum absolute atomic E-state index is 0.171. The molecular weight excluding hydrogens is 348 g/mol. The largest absolute Gasteiger partial charge is 0.312 e. The third-order valence-electron chi connectivity index (χ3n) is 3.16. The number of carbonyl (C=O) groups excluding carboxylic acids is 1. The molecule has 0 aliphatic rings. The van der Waals surface area contributed by atoms with Crippen LogP contribution in [0.25, 0.3) is 11.3 Å². The fourth-order valence-corrected chi connectivity index (χ4v) is 3.65. The van der Waals surface area contributed by atoms with Crippen LogP contribution in [0.5, 0.6) is 0 Å². The lowest BCUT2D eigenvalue weighted by atomic mass is 10.1. The van der Waals surface area contributed by atoms with Crippen LogP contribution >= 0.6 is 34.7 Å². The fourth-order valence-electron chi connectivity index (χ4n) is 2.04. The van der Waals surface area contributed by atoms with Crippen molar-refractivity contribution in [2.75, 3.05) is 11.6 Å². The molecule has 0 fully saturated rings. The van der Waals surface area contributed by atoms with Gasteiger partial charge in [-0.15, -0.1) is 0 Å². The van der Waals surface area contributed by atoms with Crippen molar-refractivity contribution in [3.63, 3.8) is 0 Å². The molecular formula is C17H13ClN2OS2. The average molecular weight is 361 g/mol. The molecule has 3 nitrogen and oxygen atoms in total. The van der Waals surface area contributed by atoms with Crippen LogP contribution < -0.4 is 5.32 Å². The van der Waals surface area contributed by atoms with E-state index >= 15 is 0 Å². The number of nitrogens with one attached hydrogen (secondary N) is 1. The topological polar surface area (TPSA) is 42.0 Å². The molecule has 0 spiro atoms. The number of thiazole rings is 1. The molecule has 0 bridgehead atoms. The monoisotopic (exact) mass is 360 g/mol. The van der Waals surface area contributed by atoms with Gasteiger partial charge in [0.2, 0.25) is 0 Å². The number of benzene rings is 2. The Bertz CT molecular complexity index is 816. The summed E-state index contributed by atoms with van der Waals surface area (Å²) in [6, 6.07) is 16.7. The number of thioether (sulfide) groups is 1. The molecule has 6 heteroatoms. The number of anilines is 1. The Hall–Kier alpha value is -1.82. The Morgan fingerprint density at radius 3 is 2.48 bits per heavy atom. The van der Waals surface area contributed by atoms with Gasteiger partial charge in [0.15, 0.2) is 4.34 Å². The highest BCUT2D eigenvalue weighted by Gasteiger charge is 2.16. The third-order valence-corrected chi connectivity index (χ3v) is 5.37. The molecule has 3 aromatic rings. The number of rotatable bonds is 4. The first-order valence-electron chi connectivity index (χ1n) is 6.84. The fraction of sp³-hybridized carbons (Fsp3) is 0.0588. The molecule has 0 radical (unpaired) electrons. The summed E-state index contributed by atoms with van der Waals surface area (Å²) in [4.78, 5) is 17.0. The van der Waals surface area contributed by atoms with E-state index < -0.39 is 0 Å². The van der Waals surface area contributed by atoms with Crippen LogP contribution in [0, 0.1) is 0 Å². The second kappa shape index (κ2) is 7.17. The summed E-state index contributed by atoms with van der Waals surface area (Å²) < 4.78 is 0.912. The molecule has 0 saturated heterocycles. The molecule has 1 aromatic heterocycles. The van der Waals surface area contributed by atoms with Crippen LogP contribution in [0.1, 0.15) is 10.4 Å². The minimum Gasteiger partial charge on any atom is -0.312 e. The van der Waals surface area contributed by atoms with Crippen molar-refractivity contribution in [1.82, 2.24) is 4.98 Å². The van der Waals surface area contributed by atoms with Gasteiger partial charge in [0.25, 0.3) is 5.91 Å². The molecule has 116 valence electrons. The molecule has 1 N–H and O–H groups in total. The van der Waals surface area contributed by atoms with Gasteiger partial charge in [-0.25, -0.2) is 4.98 Å². The van der Waals surface area contributed by atoms with E-state index in [9.17, 15) is 4.79 Å². The first-order chi connectivity index (χ1) is 11.2.